The Morgan fingerprint density at radius 1 is 1.06 bits per heavy atom. The number of phenols is 1. The van der Waals surface area contributed by atoms with E-state index in [2.05, 4.69) is 26.3 Å². The number of fused-ring (bicyclic) bond motifs is 1. The van der Waals surface area contributed by atoms with Crippen LogP contribution in [0, 0.1) is 0 Å². The van der Waals surface area contributed by atoms with Crippen molar-refractivity contribution in [2.45, 2.75) is 75.3 Å². The third-order valence-corrected chi connectivity index (χ3v) is 10.1. The van der Waals surface area contributed by atoms with E-state index in [1.165, 1.54) is 24.0 Å². The number of hydrogen-bond acceptors (Lipinski definition) is 11. The van der Waals surface area contributed by atoms with Crippen molar-refractivity contribution in [2.24, 2.45) is 22.2 Å². The Morgan fingerprint density at radius 2 is 1.75 bits per heavy atom. The molecule has 6 atom stereocenters. The number of guanidine groups is 1. The van der Waals surface area contributed by atoms with Gasteiger partial charge in [-0.1, -0.05) is 33.7 Å². The molecule has 17 nitrogen and oxygen atoms in total. The van der Waals surface area contributed by atoms with Crippen LogP contribution in [0.3, 0.4) is 0 Å². The van der Waals surface area contributed by atoms with Gasteiger partial charge >= 0.3 is 5.97 Å². The first-order chi connectivity index (χ1) is 22.8. The van der Waals surface area contributed by atoms with Crippen molar-refractivity contribution in [2.75, 3.05) is 24.6 Å². The lowest BCUT2D eigenvalue weighted by Gasteiger charge is -2.29. The molecule has 1 aromatic carbocycles. The third-order valence-electron chi connectivity index (χ3n) is 7.68. The molecular weight excluding hydrogens is 667 g/mol. The second-order valence-electron chi connectivity index (χ2n) is 11.4. The van der Waals surface area contributed by atoms with E-state index in [1.54, 1.807) is 12.1 Å². The highest BCUT2D eigenvalue weighted by Gasteiger charge is 2.39. The predicted octanol–water partition coefficient (Wildman–Crippen LogP) is -2.25. The average Bonchev–Trinajstić information content (AvgIpc) is 3.53. The molecule has 48 heavy (non-hydrogen) atoms. The number of aliphatic carboxylic acids is 1. The molecule has 0 bridgehead atoms. The lowest BCUT2D eigenvalue weighted by Crippen LogP contribution is -2.59. The molecule has 1 aromatic rings. The van der Waals surface area contributed by atoms with Gasteiger partial charge in [-0.05, 0) is 56.7 Å². The topological polar surface area (TPSA) is 285 Å². The fourth-order valence-corrected chi connectivity index (χ4v) is 7.41. The Bertz CT molecular complexity index is 1360. The molecule has 2 aliphatic rings. The molecule has 3 rings (SSSR count). The molecule has 2 saturated heterocycles. The van der Waals surface area contributed by atoms with Crippen LogP contribution in [-0.4, -0.2) is 117 Å². The van der Waals surface area contributed by atoms with E-state index in [-0.39, 0.29) is 55.6 Å². The van der Waals surface area contributed by atoms with E-state index in [9.17, 15) is 39.0 Å². The Balaban J connectivity index is 1.77. The minimum Gasteiger partial charge on any atom is -0.508 e. The molecule has 5 amide bonds. The molecule has 264 valence electrons. The first-order valence-electron chi connectivity index (χ1n) is 15.3. The molecule has 0 unspecified atom stereocenters. The minimum absolute atomic E-state index is 0.0369. The van der Waals surface area contributed by atoms with Crippen LogP contribution < -0.4 is 38.5 Å². The van der Waals surface area contributed by atoms with Crippen molar-refractivity contribution < 1.29 is 39.0 Å². The van der Waals surface area contributed by atoms with Crippen molar-refractivity contribution in [3.8, 4) is 5.75 Å². The predicted molar refractivity (Wildman–Crippen MR) is 180 cm³/mol. The van der Waals surface area contributed by atoms with Crippen LogP contribution in [-0.2, 0) is 35.2 Å². The fourth-order valence-electron chi connectivity index (χ4n) is 5.09. The summed E-state index contributed by atoms with van der Waals surface area (Å²) >= 11 is 0. The Labute approximate surface area is 285 Å². The summed E-state index contributed by atoms with van der Waals surface area (Å²) in [5, 5.41) is 29.6. The number of carboxylic acid groups (broad SMARTS) is 1. The van der Waals surface area contributed by atoms with Gasteiger partial charge < -0.3 is 53.6 Å². The second kappa shape index (κ2) is 18.3. The molecule has 0 saturated carbocycles. The molecule has 2 heterocycles. The van der Waals surface area contributed by atoms with E-state index in [0.717, 1.165) is 21.6 Å². The summed E-state index contributed by atoms with van der Waals surface area (Å²) in [6.07, 6.45) is 1.37. The van der Waals surface area contributed by atoms with Crippen LogP contribution in [0.2, 0.25) is 0 Å². The smallest absolute Gasteiger partial charge is 0.327 e. The minimum atomic E-state index is -1.25. The number of nitrogens with one attached hydrogen (secondary N) is 4. The second-order valence-corrected chi connectivity index (χ2v) is 14.0. The molecule has 2 fully saturated rings. The maximum absolute atomic E-state index is 13.6. The normalized spacial score (nSPS) is 23.4. The molecule has 12 N–H and O–H groups in total. The van der Waals surface area contributed by atoms with Crippen molar-refractivity contribution in [1.29, 1.82) is 0 Å². The zero-order valence-electron chi connectivity index (χ0n) is 26.4. The number of carboxylic acids is 1. The maximum Gasteiger partial charge on any atom is 0.327 e. The number of nitrogens with zero attached hydrogens (tertiary/aromatic N) is 2. The van der Waals surface area contributed by atoms with Crippen molar-refractivity contribution in [3.63, 3.8) is 0 Å². The van der Waals surface area contributed by atoms with Gasteiger partial charge in [0.2, 0.25) is 29.5 Å². The van der Waals surface area contributed by atoms with E-state index in [4.69, 9.17) is 17.2 Å². The van der Waals surface area contributed by atoms with Crippen LogP contribution in [0.1, 0.15) is 38.2 Å². The van der Waals surface area contributed by atoms with Gasteiger partial charge in [-0.3, -0.25) is 29.0 Å². The van der Waals surface area contributed by atoms with Gasteiger partial charge in [0.25, 0.3) is 0 Å². The summed E-state index contributed by atoms with van der Waals surface area (Å²) in [7, 11) is 2.19. The number of amides is 5. The first kappa shape index (κ1) is 38.2. The maximum atomic E-state index is 13.6. The molecule has 0 spiro atoms. The Hall–Kier alpha value is -4.23. The van der Waals surface area contributed by atoms with E-state index < -0.39 is 71.8 Å². The lowest BCUT2D eigenvalue weighted by atomic mass is 10.0. The summed E-state index contributed by atoms with van der Waals surface area (Å²) in [6.45, 7) is 1.88. The number of carbonyl (C=O) groups is 6. The summed E-state index contributed by atoms with van der Waals surface area (Å²) < 4.78 is 0. The number of phenolic OH excluding ortho intramolecular Hbond substituents is 1. The first-order valence-corrected chi connectivity index (χ1v) is 17.8. The Kier molecular flexibility index (Phi) is 14.6. The number of benzene rings is 1. The van der Waals surface area contributed by atoms with Crippen molar-refractivity contribution in [1.82, 2.24) is 26.2 Å². The fraction of sp³-hybridized carbons (Fsp3) is 0.552. The van der Waals surface area contributed by atoms with Gasteiger partial charge in [0.15, 0.2) is 5.96 Å². The highest BCUT2D eigenvalue weighted by molar-refractivity contribution is 8.76. The monoisotopic (exact) mass is 709 g/mol. The Morgan fingerprint density at radius 3 is 2.42 bits per heavy atom. The number of rotatable bonds is 11. The standard InChI is InChI=1S/C29H43N9O8S2/c1-15-27(44)38-11-3-5-22(38)26(43)37-21(28(45)46)14-48-47-13-20(25(42)34-15)36-24(41)19(4-2-10-33-29(31)32)35-23(40)18(30)12-16-6-8-17(39)9-7-16/h6-9,15,18-22,39H,2-5,10-14,30H2,1H3,(H,34,42)(H,35,40)(H,36,41)(H,37,43)(H,45,46)(H4,31,32,33)/t15-,18-,19-,20-,21-,22-/m0/s1. The van der Waals surface area contributed by atoms with Crippen molar-refractivity contribution in [3.05, 3.63) is 29.8 Å². The molecule has 2 aliphatic heterocycles. The SMILES string of the molecule is C[C@@H]1NC(=O)[C@@H](NC(=O)[C@H](CCCN=C(N)N)NC(=O)[C@@H](N)Cc2ccc(O)cc2)CSSC[C@@H](C(=O)O)NC(=O)[C@@H]2CCCN2C1=O. The number of aliphatic imine (C=N–C) groups is 1. The van der Waals surface area contributed by atoms with Crippen LogP contribution in [0.15, 0.2) is 29.3 Å². The zero-order chi connectivity index (χ0) is 35.4. The molecule has 0 aromatic heterocycles. The van der Waals surface area contributed by atoms with Crippen LogP contribution in [0.25, 0.3) is 0 Å². The third kappa shape index (κ3) is 11.5. The van der Waals surface area contributed by atoms with Crippen molar-refractivity contribution >= 4 is 63.1 Å². The molecule has 0 radical (unpaired) electrons. The lowest BCUT2D eigenvalue weighted by molar-refractivity contribution is -0.144. The van der Waals surface area contributed by atoms with Crippen LogP contribution >= 0.6 is 21.6 Å². The number of hydrogen-bond donors (Lipinski definition) is 9. The van der Waals surface area contributed by atoms with E-state index >= 15 is 0 Å². The van der Waals surface area contributed by atoms with Gasteiger partial charge in [-0.2, -0.15) is 0 Å². The number of aromatic hydroxyl groups is 1. The van der Waals surface area contributed by atoms with E-state index in [1.807, 2.05) is 0 Å². The van der Waals surface area contributed by atoms with E-state index in [0.29, 0.717) is 18.4 Å². The van der Waals surface area contributed by atoms with Gasteiger partial charge in [0.1, 0.15) is 36.0 Å². The number of nitrogens with two attached hydrogens (primary N) is 3. The average molecular weight is 710 g/mol. The summed E-state index contributed by atoms with van der Waals surface area (Å²) in [6, 6.07) is -0.409. The van der Waals surface area contributed by atoms with Crippen LogP contribution in [0.4, 0.5) is 0 Å². The van der Waals surface area contributed by atoms with Gasteiger partial charge in [0.05, 0.1) is 6.04 Å². The molecular formula is C29H43N9O8S2. The number of carbonyl (C=O) groups excluding carboxylic acids is 5. The molecule has 0 aliphatic carbocycles. The summed E-state index contributed by atoms with van der Waals surface area (Å²) in [5.74, 6) is -4.54. The van der Waals surface area contributed by atoms with Gasteiger partial charge in [-0.25, -0.2) is 4.79 Å². The molecule has 19 heteroatoms. The van der Waals surface area contributed by atoms with Crippen LogP contribution in [0.5, 0.6) is 5.75 Å². The highest BCUT2D eigenvalue weighted by atomic mass is 33.1. The van der Waals surface area contributed by atoms with Gasteiger partial charge in [0, 0.05) is 24.6 Å². The zero-order valence-corrected chi connectivity index (χ0v) is 28.1. The summed E-state index contributed by atoms with van der Waals surface area (Å²) in [4.78, 5) is 83.4. The van der Waals surface area contributed by atoms with Gasteiger partial charge in [-0.15, -0.1) is 0 Å². The highest BCUT2D eigenvalue weighted by Crippen LogP contribution is 2.25. The summed E-state index contributed by atoms with van der Waals surface area (Å²) in [5.41, 5.74) is 17.6. The largest absolute Gasteiger partial charge is 0.508 e. The quantitative estimate of drug-likeness (QED) is 0.0509.